The SMILES string of the molecule is O=C(N[C@@H]1CCCS(=O)(=O)C1)[C@H]1C[C@@H]1c1ccc(Cl)cc1. The largest absolute Gasteiger partial charge is 0.352 e. The van der Waals surface area contributed by atoms with E-state index in [0.29, 0.717) is 11.4 Å². The second kappa shape index (κ2) is 5.61. The minimum atomic E-state index is -2.98. The predicted molar refractivity (Wildman–Crippen MR) is 82.1 cm³/mol. The number of rotatable bonds is 3. The number of carbonyl (C=O) groups is 1. The molecule has 1 aromatic carbocycles. The van der Waals surface area contributed by atoms with Crippen molar-refractivity contribution in [3.05, 3.63) is 34.9 Å². The molecule has 1 aliphatic carbocycles. The van der Waals surface area contributed by atoms with Gasteiger partial charge in [-0.05, 0) is 42.9 Å². The van der Waals surface area contributed by atoms with Crippen LogP contribution in [-0.2, 0) is 14.6 Å². The van der Waals surface area contributed by atoms with Crippen molar-refractivity contribution in [3.63, 3.8) is 0 Å². The topological polar surface area (TPSA) is 63.2 Å². The highest BCUT2D eigenvalue weighted by atomic mass is 35.5. The predicted octanol–water partition coefficient (Wildman–Crippen LogP) is 2.14. The first kappa shape index (κ1) is 14.9. The van der Waals surface area contributed by atoms with Crippen LogP contribution in [0.1, 0.15) is 30.7 Å². The van der Waals surface area contributed by atoms with Crippen molar-refractivity contribution in [1.29, 1.82) is 0 Å². The molecule has 0 bridgehead atoms. The van der Waals surface area contributed by atoms with Crippen LogP contribution in [0.25, 0.3) is 0 Å². The number of carbonyl (C=O) groups excluding carboxylic acids is 1. The van der Waals surface area contributed by atoms with Crippen molar-refractivity contribution in [2.75, 3.05) is 11.5 Å². The Bertz CT molecular complexity index is 641. The maximum absolute atomic E-state index is 12.2. The Morgan fingerprint density at radius 1 is 1.24 bits per heavy atom. The molecule has 0 spiro atoms. The average molecular weight is 328 g/mol. The van der Waals surface area contributed by atoms with Gasteiger partial charge in [-0.2, -0.15) is 0 Å². The van der Waals surface area contributed by atoms with E-state index in [2.05, 4.69) is 5.32 Å². The molecule has 1 amide bonds. The quantitative estimate of drug-likeness (QED) is 0.925. The van der Waals surface area contributed by atoms with Crippen LogP contribution in [0.15, 0.2) is 24.3 Å². The summed E-state index contributed by atoms with van der Waals surface area (Å²) in [6.07, 6.45) is 2.22. The van der Waals surface area contributed by atoms with Crippen LogP contribution in [0, 0.1) is 5.92 Å². The first-order valence-electron chi connectivity index (χ1n) is 7.21. The van der Waals surface area contributed by atoms with Crippen LogP contribution < -0.4 is 5.32 Å². The zero-order chi connectivity index (χ0) is 15.0. The average Bonchev–Trinajstić information content (AvgIpc) is 3.18. The number of hydrogen-bond donors (Lipinski definition) is 1. The van der Waals surface area contributed by atoms with Gasteiger partial charge in [-0.15, -0.1) is 0 Å². The molecule has 2 fully saturated rings. The first-order valence-corrected chi connectivity index (χ1v) is 9.41. The highest BCUT2D eigenvalue weighted by Gasteiger charge is 2.44. The Kier molecular flexibility index (Phi) is 3.97. The molecule has 6 heteroatoms. The summed E-state index contributed by atoms with van der Waals surface area (Å²) in [6.45, 7) is 0. The van der Waals surface area contributed by atoms with E-state index in [0.717, 1.165) is 18.4 Å². The van der Waals surface area contributed by atoms with Gasteiger partial charge in [-0.25, -0.2) is 8.42 Å². The summed E-state index contributed by atoms with van der Waals surface area (Å²) in [5.41, 5.74) is 1.12. The number of benzene rings is 1. The fourth-order valence-electron chi connectivity index (χ4n) is 3.01. The number of halogens is 1. The molecule has 0 unspecified atom stereocenters. The Morgan fingerprint density at radius 3 is 2.62 bits per heavy atom. The Balaban J connectivity index is 1.57. The molecule has 4 nitrogen and oxygen atoms in total. The van der Waals surface area contributed by atoms with Gasteiger partial charge in [-0.1, -0.05) is 23.7 Å². The highest BCUT2D eigenvalue weighted by Crippen LogP contribution is 2.47. The molecule has 1 aliphatic heterocycles. The monoisotopic (exact) mass is 327 g/mol. The van der Waals surface area contributed by atoms with Gasteiger partial charge >= 0.3 is 0 Å². The van der Waals surface area contributed by atoms with E-state index in [1.165, 1.54) is 0 Å². The van der Waals surface area contributed by atoms with Gasteiger partial charge in [0.25, 0.3) is 0 Å². The number of sulfone groups is 1. The van der Waals surface area contributed by atoms with Gasteiger partial charge in [-0.3, -0.25) is 4.79 Å². The normalized spacial score (nSPS) is 30.6. The van der Waals surface area contributed by atoms with Crippen molar-refractivity contribution in [1.82, 2.24) is 5.32 Å². The third-order valence-corrected chi connectivity index (χ3v) is 6.31. The van der Waals surface area contributed by atoms with Crippen molar-refractivity contribution in [3.8, 4) is 0 Å². The second-order valence-electron chi connectivity index (χ2n) is 5.96. The molecule has 21 heavy (non-hydrogen) atoms. The smallest absolute Gasteiger partial charge is 0.223 e. The zero-order valence-electron chi connectivity index (χ0n) is 11.6. The van der Waals surface area contributed by atoms with Crippen molar-refractivity contribution >= 4 is 27.3 Å². The second-order valence-corrected chi connectivity index (χ2v) is 8.63. The van der Waals surface area contributed by atoms with E-state index in [1.54, 1.807) is 0 Å². The van der Waals surface area contributed by atoms with Crippen LogP contribution in [0.2, 0.25) is 5.02 Å². The van der Waals surface area contributed by atoms with Crippen LogP contribution >= 0.6 is 11.6 Å². The van der Waals surface area contributed by atoms with E-state index in [9.17, 15) is 13.2 Å². The lowest BCUT2D eigenvalue weighted by molar-refractivity contribution is -0.123. The number of nitrogens with one attached hydrogen (secondary N) is 1. The summed E-state index contributed by atoms with van der Waals surface area (Å²) in [5.74, 6) is 0.517. The van der Waals surface area contributed by atoms with Gasteiger partial charge in [0.05, 0.1) is 11.5 Å². The lowest BCUT2D eigenvalue weighted by Gasteiger charge is -2.23. The van der Waals surface area contributed by atoms with Crippen molar-refractivity contribution in [2.45, 2.75) is 31.2 Å². The molecular weight excluding hydrogens is 310 g/mol. The third kappa shape index (κ3) is 3.58. The van der Waals surface area contributed by atoms with Gasteiger partial charge in [0.2, 0.25) is 5.91 Å². The van der Waals surface area contributed by atoms with E-state index >= 15 is 0 Å². The Morgan fingerprint density at radius 2 is 1.95 bits per heavy atom. The molecule has 1 N–H and O–H groups in total. The lowest BCUT2D eigenvalue weighted by Crippen LogP contribution is -2.43. The van der Waals surface area contributed by atoms with Crippen LogP contribution in [0.3, 0.4) is 0 Å². The minimum Gasteiger partial charge on any atom is -0.352 e. The van der Waals surface area contributed by atoms with E-state index in [4.69, 9.17) is 11.6 Å². The van der Waals surface area contributed by atoms with Crippen molar-refractivity contribution in [2.24, 2.45) is 5.92 Å². The fraction of sp³-hybridized carbons (Fsp3) is 0.533. The fourth-order valence-corrected chi connectivity index (χ4v) is 4.77. The molecule has 114 valence electrons. The molecule has 3 rings (SSSR count). The summed E-state index contributed by atoms with van der Waals surface area (Å²) < 4.78 is 23.2. The Hall–Kier alpha value is -1.07. The molecule has 1 aromatic rings. The van der Waals surface area contributed by atoms with Gasteiger partial charge in [0, 0.05) is 17.0 Å². The third-order valence-electron chi connectivity index (χ3n) is 4.23. The number of amides is 1. The molecule has 0 aromatic heterocycles. The summed E-state index contributed by atoms with van der Waals surface area (Å²) in [7, 11) is -2.98. The highest BCUT2D eigenvalue weighted by molar-refractivity contribution is 7.91. The lowest BCUT2D eigenvalue weighted by atomic mass is 10.1. The van der Waals surface area contributed by atoms with Gasteiger partial charge in [0.15, 0.2) is 9.84 Å². The molecule has 2 aliphatic rings. The van der Waals surface area contributed by atoms with Crippen LogP contribution in [0.4, 0.5) is 0 Å². The number of hydrogen-bond acceptors (Lipinski definition) is 3. The summed E-state index contributed by atoms with van der Waals surface area (Å²) in [4.78, 5) is 12.2. The Labute approximate surface area is 129 Å². The maximum Gasteiger partial charge on any atom is 0.223 e. The van der Waals surface area contributed by atoms with Crippen molar-refractivity contribution < 1.29 is 13.2 Å². The zero-order valence-corrected chi connectivity index (χ0v) is 13.2. The molecule has 0 radical (unpaired) electrons. The summed E-state index contributed by atoms with van der Waals surface area (Å²) in [6, 6.07) is 7.34. The minimum absolute atomic E-state index is 0.0166. The maximum atomic E-state index is 12.2. The molecule has 1 saturated carbocycles. The molecule has 1 saturated heterocycles. The van der Waals surface area contributed by atoms with E-state index < -0.39 is 9.84 Å². The van der Waals surface area contributed by atoms with Gasteiger partial charge < -0.3 is 5.32 Å². The standard InChI is InChI=1S/C15H18ClNO3S/c16-11-5-3-10(4-6-11)13-8-14(13)15(18)17-12-2-1-7-21(19,20)9-12/h3-6,12-14H,1-2,7-9H2,(H,17,18)/t12-,13-,14+/m1/s1. The molecular formula is C15H18ClNO3S. The van der Waals surface area contributed by atoms with Crippen LogP contribution in [-0.4, -0.2) is 31.9 Å². The van der Waals surface area contributed by atoms with E-state index in [1.807, 2.05) is 24.3 Å². The summed E-state index contributed by atoms with van der Waals surface area (Å²) >= 11 is 5.86. The first-order chi connectivity index (χ1) is 9.94. The van der Waals surface area contributed by atoms with E-state index in [-0.39, 0.29) is 35.3 Å². The van der Waals surface area contributed by atoms with Crippen LogP contribution in [0.5, 0.6) is 0 Å². The molecule has 1 heterocycles. The van der Waals surface area contributed by atoms with Gasteiger partial charge in [0.1, 0.15) is 0 Å². The summed E-state index contributed by atoms with van der Waals surface area (Å²) in [5, 5.41) is 3.59. The molecule has 3 atom stereocenters.